The van der Waals surface area contributed by atoms with Gasteiger partial charge in [0.2, 0.25) is 0 Å². The molecule has 2 N–H and O–H groups in total. The van der Waals surface area contributed by atoms with Crippen LogP contribution in [-0.4, -0.2) is 33.3 Å². The summed E-state index contributed by atoms with van der Waals surface area (Å²) >= 11 is 0. The van der Waals surface area contributed by atoms with Crippen LogP contribution >= 0.6 is 0 Å². The highest BCUT2D eigenvalue weighted by atomic mass is 16.4. The Morgan fingerprint density at radius 3 is 2.74 bits per heavy atom. The molecule has 0 bridgehead atoms. The second-order valence-corrected chi connectivity index (χ2v) is 6.58. The predicted molar refractivity (Wildman–Crippen MR) is 104 cm³/mol. The number of nitrogens with zero attached hydrogens (tertiary/aromatic N) is 2. The van der Waals surface area contributed by atoms with Crippen molar-refractivity contribution in [1.29, 1.82) is 0 Å². The van der Waals surface area contributed by atoms with Crippen LogP contribution in [0.4, 0.5) is 0 Å². The zero-order valence-electron chi connectivity index (χ0n) is 15.3. The number of benzene rings is 2. The molecular formula is C21H23N3O3. The lowest BCUT2D eigenvalue weighted by Crippen LogP contribution is -2.34. The van der Waals surface area contributed by atoms with Gasteiger partial charge in [-0.3, -0.25) is 14.3 Å². The number of aryl methyl sites for hydroxylation is 1. The molecule has 0 saturated heterocycles. The molecule has 1 aromatic heterocycles. The van der Waals surface area contributed by atoms with Crippen molar-refractivity contribution in [1.82, 2.24) is 15.1 Å². The van der Waals surface area contributed by atoms with E-state index < -0.39 is 11.9 Å². The summed E-state index contributed by atoms with van der Waals surface area (Å²) in [5, 5.41) is 18.6. The van der Waals surface area contributed by atoms with Crippen LogP contribution in [0.25, 0.3) is 10.8 Å². The van der Waals surface area contributed by atoms with Gasteiger partial charge < -0.3 is 10.4 Å². The summed E-state index contributed by atoms with van der Waals surface area (Å²) in [5.41, 5.74) is 1.41. The number of carbonyl (C=O) groups excluding carboxylic acids is 1. The number of aromatic nitrogens is 2. The molecule has 1 amide bonds. The second kappa shape index (κ2) is 8.49. The molecule has 1 atom stereocenters. The molecule has 1 unspecified atom stereocenters. The van der Waals surface area contributed by atoms with Crippen molar-refractivity contribution in [3.05, 3.63) is 66.0 Å². The number of carboxylic acids is 1. The van der Waals surface area contributed by atoms with Gasteiger partial charge in [-0.1, -0.05) is 49.4 Å². The molecule has 6 nitrogen and oxygen atoms in total. The van der Waals surface area contributed by atoms with Crippen molar-refractivity contribution in [3.63, 3.8) is 0 Å². The van der Waals surface area contributed by atoms with Gasteiger partial charge in [0.15, 0.2) is 0 Å². The average molecular weight is 365 g/mol. The van der Waals surface area contributed by atoms with E-state index in [1.165, 1.54) is 6.20 Å². The Labute approximate surface area is 157 Å². The minimum atomic E-state index is -0.926. The fraction of sp³-hybridized carbons (Fsp3) is 0.286. The van der Waals surface area contributed by atoms with Gasteiger partial charge in [-0.15, -0.1) is 0 Å². The molecular weight excluding hydrogens is 342 g/mol. The first-order valence-corrected chi connectivity index (χ1v) is 9.08. The molecule has 0 spiro atoms. The Balaban J connectivity index is 1.68. The van der Waals surface area contributed by atoms with E-state index in [1.54, 1.807) is 10.9 Å². The van der Waals surface area contributed by atoms with Gasteiger partial charge in [-0.25, -0.2) is 0 Å². The van der Waals surface area contributed by atoms with Crippen LogP contribution in [0.15, 0.2) is 54.9 Å². The first kappa shape index (κ1) is 18.6. The summed E-state index contributed by atoms with van der Waals surface area (Å²) in [5.74, 6) is -1.93. The highest BCUT2D eigenvalue weighted by Crippen LogP contribution is 2.21. The molecule has 140 valence electrons. The number of amides is 1. The van der Waals surface area contributed by atoms with Crippen molar-refractivity contribution in [2.45, 2.75) is 26.3 Å². The normalized spacial score (nSPS) is 12.0. The lowest BCUT2D eigenvalue weighted by atomic mass is 9.94. The standard InChI is InChI=1S/C21H23N3O3/c1-2-10-24-14-18(13-23-24)20(25)22-12-17(21(26)27)11-16-8-5-7-15-6-3-4-9-19(15)16/h3-9,13-14,17H,2,10-12H2,1H3,(H,22,25)(H,26,27). The third-order valence-electron chi connectivity index (χ3n) is 4.55. The Kier molecular flexibility index (Phi) is 5.86. The third kappa shape index (κ3) is 4.53. The zero-order chi connectivity index (χ0) is 19.2. The maximum atomic E-state index is 12.3. The molecule has 1 heterocycles. The Hall–Kier alpha value is -3.15. The van der Waals surface area contributed by atoms with Crippen molar-refractivity contribution >= 4 is 22.6 Å². The van der Waals surface area contributed by atoms with Crippen LogP contribution < -0.4 is 5.32 Å². The summed E-state index contributed by atoms with van der Waals surface area (Å²) < 4.78 is 1.71. The lowest BCUT2D eigenvalue weighted by Gasteiger charge is -2.15. The van der Waals surface area contributed by atoms with Crippen molar-refractivity contribution in [3.8, 4) is 0 Å². The van der Waals surface area contributed by atoms with Gasteiger partial charge >= 0.3 is 5.97 Å². The monoisotopic (exact) mass is 365 g/mol. The van der Waals surface area contributed by atoms with Gasteiger partial charge in [-0.05, 0) is 29.2 Å². The van der Waals surface area contributed by atoms with E-state index in [1.807, 2.05) is 49.4 Å². The molecule has 0 fully saturated rings. The van der Waals surface area contributed by atoms with E-state index in [0.29, 0.717) is 12.0 Å². The predicted octanol–water partition coefficient (Wildman–Crippen LogP) is 3.12. The zero-order valence-corrected chi connectivity index (χ0v) is 15.3. The smallest absolute Gasteiger partial charge is 0.308 e. The first-order valence-electron chi connectivity index (χ1n) is 9.08. The Morgan fingerprint density at radius 2 is 1.96 bits per heavy atom. The summed E-state index contributed by atoms with van der Waals surface area (Å²) in [6.45, 7) is 2.84. The molecule has 0 radical (unpaired) electrons. The van der Waals surface area contributed by atoms with Crippen LogP contribution in [-0.2, 0) is 17.8 Å². The summed E-state index contributed by atoms with van der Waals surface area (Å²) in [6.07, 6.45) is 4.46. The maximum Gasteiger partial charge on any atom is 0.308 e. The summed E-state index contributed by atoms with van der Waals surface area (Å²) in [7, 11) is 0. The Morgan fingerprint density at radius 1 is 1.19 bits per heavy atom. The maximum absolute atomic E-state index is 12.3. The number of fused-ring (bicyclic) bond motifs is 1. The number of carbonyl (C=O) groups is 2. The molecule has 3 aromatic rings. The van der Waals surface area contributed by atoms with Gasteiger partial charge in [0.05, 0.1) is 17.7 Å². The van der Waals surface area contributed by atoms with Gasteiger partial charge in [0, 0.05) is 19.3 Å². The summed E-state index contributed by atoms with van der Waals surface area (Å²) in [4.78, 5) is 24.0. The molecule has 2 aromatic carbocycles. The molecule has 3 rings (SSSR count). The fourth-order valence-corrected chi connectivity index (χ4v) is 3.13. The van der Waals surface area contributed by atoms with Crippen LogP contribution in [0.3, 0.4) is 0 Å². The molecule has 0 saturated carbocycles. The minimum absolute atomic E-state index is 0.0658. The van der Waals surface area contributed by atoms with Crippen LogP contribution in [0.1, 0.15) is 29.3 Å². The van der Waals surface area contributed by atoms with Crippen molar-refractivity contribution in [2.24, 2.45) is 5.92 Å². The number of hydrogen-bond donors (Lipinski definition) is 2. The number of aliphatic carboxylic acids is 1. The van der Waals surface area contributed by atoms with E-state index >= 15 is 0 Å². The van der Waals surface area contributed by atoms with Gasteiger partial charge in [-0.2, -0.15) is 5.10 Å². The van der Waals surface area contributed by atoms with Crippen molar-refractivity contribution in [2.75, 3.05) is 6.54 Å². The van der Waals surface area contributed by atoms with E-state index in [2.05, 4.69) is 10.4 Å². The highest BCUT2D eigenvalue weighted by molar-refractivity contribution is 5.94. The first-order chi connectivity index (χ1) is 13.1. The lowest BCUT2D eigenvalue weighted by molar-refractivity contribution is -0.141. The van der Waals surface area contributed by atoms with E-state index in [0.717, 1.165) is 29.3 Å². The quantitative estimate of drug-likeness (QED) is 0.642. The molecule has 0 aliphatic carbocycles. The van der Waals surface area contributed by atoms with E-state index in [9.17, 15) is 14.7 Å². The highest BCUT2D eigenvalue weighted by Gasteiger charge is 2.20. The molecule has 0 aliphatic heterocycles. The second-order valence-electron chi connectivity index (χ2n) is 6.58. The number of nitrogens with one attached hydrogen (secondary N) is 1. The van der Waals surface area contributed by atoms with E-state index in [-0.39, 0.29) is 12.5 Å². The number of carboxylic acid groups (broad SMARTS) is 1. The van der Waals surface area contributed by atoms with Crippen LogP contribution in [0.2, 0.25) is 0 Å². The van der Waals surface area contributed by atoms with Crippen LogP contribution in [0.5, 0.6) is 0 Å². The van der Waals surface area contributed by atoms with E-state index in [4.69, 9.17) is 0 Å². The fourth-order valence-electron chi connectivity index (χ4n) is 3.13. The number of hydrogen-bond acceptors (Lipinski definition) is 3. The summed E-state index contributed by atoms with van der Waals surface area (Å²) in [6, 6.07) is 13.8. The largest absolute Gasteiger partial charge is 0.481 e. The van der Waals surface area contributed by atoms with Crippen LogP contribution in [0, 0.1) is 5.92 Å². The number of rotatable bonds is 8. The SMILES string of the molecule is CCCn1cc(C(=O)NCC(Cc2cccc3ccccc23)C(=O)O)cn1. The van der Waals surface area contributed by atoms with Gasteiger partial charge in [0.1, 0.15) is 0 Å². The molecule has 6 heteroatoms. The molecule has 0 aliphatic rings. The van der Waals surface area contributed by atoms with Gasteiger partial charge in [0.25, 0.3) is 5.91 Å². The van der Waals surface area contributed by atoms with Crippen molar-refractivity contribution < 1.29 is 14.7 Å². The average Bonchev–Trinajstić information content (AvgIpc) is 3.14. The minimum Gasteiger partial charge on any atom is -0.481 e. The topological polar surface area (TPSA) is 84.2 Å². The third-order valence-corrected chi connectivity index (χ3v) is 4.55. The Bertz CT molecular complexity index is 943. The molecule has 27 heavy (non-hydrogen) atoms.